The molecule has 0 radical (unpaired) electrons. The second-order valence-corrected chi connectivity index (χ2v) is 3.84. The fraction of sp³-hybridized carbons (Fsp3) is 0.600. The minimum absolute atomic E-state index is 0. The van der Waals surface area contributed by atoms with Crippen molar-refractivity contribution >= 4 is 48.3 Å². The molecule has 2 rings (SSSR count). The van der Waals surface area contributed by atoms with Crippen LogP contribution in [0.1, 0.15) is 0 Å². The molecule has 2 aliphatic heterocycles. The van der Waals surface area contributed by atoms with Crippen molar-refractivity contribution < 1.29 is 0 Å². The van der Waals surface area contributed by atoms with Gasteiger partial charge in [0.05, 0.1) is 25.5 Å². The molecular weight excluding hydrogens is 359 g/mol. The molecule has 2 aliphatic rings. The van der Waals surface area contributed by atoms with Crippen LogP contribution in [-0.2, 0) is 0 Å². The number of aliphatic imine (C=N–C) groups is 2. The van der Waals surface area contributed by atoms with Crippen molar-refractivity contribution in [1.29, 1.82) is 0 Å². The van der Waals surface area contributed by atoms with Gasteiger partial charge in [0.2, 0.25) is 11.9 Å². The Bertz CT molecular complexity index is 364. The molecule has 0 saturated carbocycles. The average Bonchev–Trinajstić information content (AvgIpc) is 3.05. The van der Waals surface area contributed by atoms with E-state index in [0.717, 1.165) is 38.1 Å². The summed E-state index contributed by atoms with van der Waals surface area (Å²) in [6, 6.07) is 0. The maximum absolute atomic E-state index is 4.25. The first-order chi connectivity index (χ1) is 8.77. The minimum Gasteiger partial charge on any atom is -0.353 e. The number of halogens is 1. The third-order valence-electron chi connectivity index (χ3n) is 2.47. The highest BCUT2D eigenvalue weighted by Crippen LogP contribution is 1.92. The van der Waals surface area contributed by atoms with Gasteiger partial charge in [-0.25, -0.2) is 20.0 Å². The topological polar surface area (TPSA) is 80.0 Å². The Morgan fingerprint density at radius 2 is 1.37 bits per heavy atom. The Kier molecular flexibility index (Phi) is 6.53. The number of hydrogen-bond donors (Lipinski definition) is 2. The van der Waals surface area contributed by atoms with Gasteiger partial charge in [0.15, 0.2) is 0 Å². The molecule has 2 N–H and O–H groups in total. The van der Waals surface area contributed by atoms with Crippen molar-refractivity contribution in [3.05, 3.63) is 0 Å². The van der Waals surface area contributed by atoms with Crippen molar-refractivity contribution in [2.45, 2.75) is 0 Å². The maximum Gasteiger partial charge on any atom is 0.214 e. The number of guanidine groups is 2. The number of nitrogens with one attached hydrogen (secondary N) is 2. The lowest BCUT2D eigenvalue weighted by Crippen LogP contribution is -2.32. The molecule has 0 aliphatic carbocycles. The smallest absolute Gasteiger partial charge is 0.214 e. The molecule has 0 aromatic rings. The molecule has 0 unspecified atom stereocenters. The van der Waals surface area contributed by atoms with E-state index in [1.807, 2.05) is 14.1 Å². The van der Waals surface area contributed by atoms with Crippen LogP contribution in [0.15, 0.2) is 20.2 Å². The zero-order valence-corrected chi connectivity index (χ0v) is 13.4. The van der Waals surface area contributed by atoms with Crippen molar-refractivity contribution in [3.8, 4) is 0 Å². The number of hydrazone groups is 2. The summed E-state index contributed by atoms with van der Waals surface area (Å²) < 4.78 is 0. The monoisotopic (exact) mass is 378 g/mol. The molecule has 106 valence electrons. The van der Waals surface area contributed by atoms with Crippen molar-refractivity contribution in [3.63, 3.8) is 0 Å². The van der Waals surface area contributed by atoms with Crippen LogP contribution in [0.3, 0.4) is 0 Å². The lowest BCUT2D eigenvalue weighted by molar-refractivity contribution is 0.527. The van der Waals surface area contributed by atoms with Crippen LogP contribution >= 0.6 is 24.0 Å². The van der Waals surface area contributed by atoms with Gasteiger partial charge < -0.3 is 10.6 Å². The van der Waals surface area contributed by atoms with E-state index in [-0.39, 0.29) is 24.0 Å². The molecule has 9 heteroatoms. The summed E-state index contributed by atoms with van der Waals surface area (Å²) >= 11 is 0. The third kappa shape index (κ3) is 4.65. The highest BCUT2D eigenvalue weighted by atomic mass is 127. The molecule has 0 atom stereocenters. The van der Waals surface area contributed by atoms with Gasteiger partial charge in [-0.1, -0.05) is 0 Å². The van der Waals surface area contributed by atoms with Gasteiger partial charge >= 0.3 is 0 Å². The summed E-state index contributed by atoms with van der Waals surface area (Å²) in [7, 11) is 3.68. The van der Waals surface area contributed by atoms with Crippen molar-refractivity contribution in [1.82, 2.24) is 20.7 Å². The summed E-state index contributed by atoms with van der Waals surface area (Å²) in [5, 5.41) is 18.0. The van der Waals surface area contributed by atoms with Crippen LogP contribution in [0, 0.1) is 0 Å². The van der Waals surface area contributed by atoms with Crippen LogP contribution < -0.4 is 10.6 Å². The van der Waals surface area contributed by atoms with Gasteiger partial charge in [0.1, 0.15) is 0 Å². The van der Waals surface area contributed by atoms with E-state index in [9.17, 15) is 0 Å². The fourth-order valence-electron chi connectivity index (χ4n) is 1.57. The first-order valence-corrected chi connectivity index (χ1v) is 5.88. The van der Waals surface area contributed by atoms with Crippen molar-refractivity contribution in [2.24, 2.45) is 20.2 Å². The zero-order chi connectivity index (χ0) is 12.8. The van der Waals surface area contributed by atoms with E-state index in [1.165, 1.54) is 0 Å². The third-order valence-corrected chi connectivity index (χ3v) is 2.47. The highest BCUT2D eigenvalue weighted by molar-refractivity contribution is 14.0. The molecule has 0 bridgehead atoms. The molecule has 0 aromatic heterocycles. The molecular formula is C10H19IN8. The average molecular weight is 378 g/mol. The molecule has 19 heavy (non-hydrogen) atoms. The Morgan fingerprint density at radius 3 is 1.68 bits per heavy atom. The van der Waals surface area contributed by atoms with Crippen molar-refractivity contribution in [2.75, 3.05) is 40.3 Å². The predicted octanol–water partition coefficient (Wildman–Crippen LogP) is -0.642. The predicted molar refractivity (Wildman–Crippen MR) is 88.5 cm³/mol. The fourth-order valence-corrected chi connectivity index (χ4v) is 1.57. The zero-order valence-electron chi connectivity index (χ0n) is 11.1. The molecule has 0 saturated heterocycles. The molecule has 0 aromatic carbocycles. The first kappa shape index (κ1) is 15.7. The largest absolute Gasteiger partial charge is 0.353 e. The molecule has 0 fully saturated rings. The van der Waals surface area contributed by atoms with Gasteiger partial charge in [0.25, 0.3) is 0 Å². The lowest BCUT2D eigenvalue weighted by atomic mass is 10.7. The highest BCUT2D eigenvalue weighted by Gasteiger charge is 2.09. The lowest BCUT2D eigenvalue weighted by Gasteiger charge is -2.12. The Hall–Kier alpha value is -1.39. The molecule has 0 amide bonds. The molecule has 8 nitrogen and oxygen atoms in total. The summed E-state index contributed by atoms with van der Waals surface area (Å²) in [5.41, 5.74) is 0. The van der Waals surface area contributed by atoms with Crippen LogP contribution in [-0.4, -0.2) is 74.6 Å². The molecule has 2 heterocycles. The van der Waals surface area contributed by atoms with E-state index in [1.54, 1.807) is 22.4 Å². The molecule has 0 spiro atoms. The standard InChI is InChI=1S/C10H18N8.HI/c1-17(9-11-3-4-12-9)15-7-8-16-18(2)10-13-5-6-14-10;/h7-8H,3-6H2,1-2H3,(H,11,12)(H,13,14);1H/b15-7+,16-8+;. The van der Waals surface area contributed by atoms with Gasteiger partial charge in [-0.15, -0.1) is 24.0 Å². The normalized spacial score (nSPS) is 17.8. The van der Waals surface area contributed by atoms with Crippen LogP contribution in [0.4, 0.5) is 0 Å². The van der Waals surface area contributed by atoms with E-state index in [2.05, 4.69) is 30.8 Å². The van der Waals surface area contributed by atoms with Crippen LogP contribution in [0.2, 0.25) is 0 Å². The summed E-state index contributed by atoms with van der Waals surface area (Å²) in [6.45, 7) is 3.35. The minimum atomic E-state index is 0. The number of nitrogens with zero attached hydrogens (tertiary/aromatic N) is 6. The Labute approximate surface area is 129 Å². The maximum atomic E-state index is 4.25. The Balaban J connectivity index is 0.00000180. The van der Waals surface area contributed by atoms with Gasteiger partial charge in [-0.2, -0.15) is 10.2 Å². The number of rotatable bonds is 3. The van der Waals surface area contributed by atoms with Gasteiger partial charge in [-0.3, -0.25) is 0 Å². The second kappa shape index (κ2) is 7.92. The van der Waals surface area contributed by atoms with Crippen LogP contribution in [0.5, 0.6) is 0 Å². The quantitative estimate of drug-likeness (QED) is 0.389. The summed E-state index contributed by atoms with van der Waals surface area (Å²) in [4.78, 5) is 8.49. The van der Waals surface area contributed by atoms with Crippen LogP contribution in [0.25, 0.3) is 0 Å². The summed E-state index contributed by atoms with van der Waals surface area (Å²) in [5.74, 6) is 1.57. The summed E-state index contributed by atoms with van der Waals surface area (Å²) in [6.07, 6.45) is 3.24. The van der Waals surface area contributed by atoms with E-state index >= 15 is 0 Å². The van der Waals surface area contributed by atoms with E-state index < -0.39 is 0 Å². The van der Waals surface area contributed by atoms with Gasteiger partial charge in [-0.05, 0) is 0 Å². The second-order valence-electron chi connectivity index (χ2n) is 3.84. The van der Waals surface area contributed by atoms with E-state index in [0.29, 0.717) is 0 Å². The van der Waals surface area contributed by atoms with Gasteiger partial charge in [0, 0.05) is 27.2 Å². The van der Waals surface area contributed by atoms with E-state index in [4.69, 9.17) is 0 Å². The Morgan fingerprint density at radius 1 is 0.947 bits per heavy atom. The number of hydrogen-bond acceptors (Lipinski definition) is 8. The first-order valence-electron chi connectivity index (χ1n) is 5.88. The SMILES string of the molecule is CN(/N=C/C=N/N(C)C1=NCCN1)C1=NCCN1.I.